The van der Waals surface area contributed by atoms with E-state index in [1.807, 2.05) is 19.1 Å². The van der Waals surface area contributed by atoms with Gasteiger partial charge in [0, 0.05) is 23.9 Å². The van der Waals surface area contributed by atoms with Gasteiger partial charge in [0.15, 0.2) is 0 Å². The third-order valence-electron chi connectivity index (χ3n) is 5.21. The second kappa shape index (κ2) is 7.23. The Kier molecular flexibility index (Phi) is 5.19. The lowest BCUT2D eigenvalue weighted by Gasteiger charge is -2.24. The number of fused-ring (bicyclic) bond motifs is 1. The Hall–Kier alpha value is -2.14. The Morgan fingerprint density at radius 2 is 2.08 bits per heavy atom. The number of carbonyl (C=O) groups excluding carboxylic acids is 1. The van der Waals surface area contributed by atoms with Gasteiger partial charge in [-0.15, -0.1) is 0 Å². The summed E-state index contributed by atoms with van der Waals surface area (Å²) in [5.74, 6) is -4.89. The third kappa shape index (κ3) is 3.28. The standard InChI is InChI=1S/C21H23F2NO2/c1-3-14-6-5-11-24-18(14)12-15-9-10-19(26)21(22,23)20-16(13(2)25)7-4-8-17(15)20/h4-8,11,13,15,25H,3,9-10,12H2,1-2H3/t13-,15?/m0/s1. The largest absolute Gasteiger partial charge is 0.389 e. The van der Waals surface area contributed by atoms with Crippen molar-refractivity contribution < 1.29 is 18.7 Å². The summed E-state index contributed by atoms with van der Waals surface area (Å²) in [5.41, 5.74) is 2.24. The number of aliphatic hydroxyl groups is 1. The molecule has 0 saturated heterocycles. The molecule has 1 aromatic carbocycles. The topological polar surface area (TPSA) is 50.2 Å². The highest BCUT2D eigenvalue weighted by Gasteiger charge is 2.47. The summed E-state index contributed by atoms with van der Waals surface area (Å²) in [6, 6.07) is 8.68. The molecule has 5 heteroatoms. The van der Waals surface area contributed by atoms with Gasteiger partial charge in [0.1, 0.15) is 0 Å². The first-order chi connectivity index (χ1) is 12.4. The van der Waals surface area contributed by atoms with Gasteiger partial charge in [0.05, 0.1) is 6.10 Å². The van der Waals surface area contributed by atoms with Crippen molar-refractivity contribution in [2.45, 2.75) is 57.5 Å². The molecule has 0 amide bonds. The fourth-order valence-electron chi connectivity index (χ4n) is 3.82. The second-order valence-corrected chi connectivity index (χ2v) is 6.89. The van der Waals surface area contributed by atoms with E-state index in [1.165, 1.54) is 13.0 Å². The van der Waals surface area contributed by atoms with Gasteiger partial charge in [-0.05, 0) is 54.9 Å². The van der Waals surface area contributed by atoms with Crippen molar-refractivity contribution in [1.29, 1.82) is 0 Å². The molecule has 1 N–H and O–H groups in total. The van der Waals surface area contributed by atoms with Crippen LogP contribution in [0.5, 0.6) is 0 Å². The maximum atomic E-state index is 14.9. The van der Waals surface area contributed by atoms with Crippen LogP contribution in [0.4, 0.5) is 8.78 Å². The van der Waals surface area contributed by atoms with Crippen LogP contribution >= 0.6 is 0 Å². The number of alkyl halides is 2. The highest BCUT2D eigenvalue weighted by molar-refractivity contribution is 5.88. The van der Waals surface area contributed by atoms with Crippen molar-refractivity contribution in [2.24, 2.45) is 0 Å². The summed E-state index contributed by atoms with van der Waals surface area (Å²) in [4.78, 5) is 16.6. The van der Waals surface area contributed by atoms with Crippen LogP contribution in [0, 0.1) is 0 Å². The molecule has 1 aliphatic carbocycles. The number of ketones is 1. The number of aromatic nitrogens is 1. The number of pyridine rings is 1. The van der Waals surface area contributed by atoms with Crippen LogP contribution in [-0.2, 0) is 23.6 Å². The molecule has 26 heavy (non-hydrogen) atoms. The van der Waals surface area contributed by atoms with E-state index in [9.17, 15) is 18.7 Å². The second-order valence-electron chi connectivity index (χ2n) is 6.89. The molecule has 1 aliphatic rings. The molecule has 3 nitrogen and oxygen atoms in total. The number of benzene rings is 1. The number of carbonyl (C=O) groups is 1. The highest BCUT2D eigenvalue weighted by atomic mass is 19.3. The smallest absolute Gasteiger partial charge is 0.331 e. The maximum absolute atomic E-state index is 14.9. The Labute approximate surface area is 152 Å². The Balaban J connectivity index is 2.12. The zero-order valence-electron chi connectivity index (χ0n) is 15.0. The molecular formula is C21H23F2NO2. The van der Waals surface area contributed by atoms with Crippen LogP contribution in [0.1, 0.15) is 66.7 Å². The maximum Gasteiger partial charge on any atom is 0.331 e. The van der Waals surface area contributed by atoms with Gasteiger partial charge in [0.25, 0.3) is 0 Å². The average molecular weight is 359 g/mol. The summed E-state index contributed by atoms with van der Waals surface area (Å²) < 4.78 is 29.7. The summed E-state index contributed by atoms with van der Waals surface area (Å²) >= 11 is 0. The number of hydrogen-bond acceptors (Lipinski definition) is 3. The molecule has 0 spiro atoms. The molecule has 0 aliphatic heterocycles. The Morgan fingerprint density at radius 3 is 2.77 bits per heavy atom. The van der Waals surface area contributed by atoms with Gasteiger partial charge in [-0.2, -0.15) is 8.78 Å². The molecule has 1 unspecified atom stereocenters. The first-order valence-corrected chi connectivity index (χ1v) is 9.01. The number of nitrogens with zero attached hydrogens (tertiary/aromatic N) is 1. The minimum Gasteiger partial charge on any atom is -0.389 e. The van der Waals surface area contributed by atoms with E-state index in [4.69, 9.17) is 0 Å². The average Bonchev–Trinajstić information content (AvgIpc) is 2.72. The fourth-order valence-corrected chi connectivity index (χ4v) is 3.82. The van der Waals surface area contributed by atoms with Crippen molar-refractivity contribution in [3.8, 4) is 0 Å². The quantitative estimate of drug-likeness (QED) is 0.819. The number of aliphatic hydroxyl groups excluding tert-OH is 1. The van der Waals surface area contributed by atoms with E-state index in [-0.39, 0.29) is 23.5 Å². The van der Waals surface area contributed by atoms with Crippen LogP contribution in [0.15, 0.2) is 36.5 Å². The predicted octanol–water partition coefficient (Wildman–Crippen LogP) is 4.48. The van der Waals surface area contributed by atoms with Crippen molar-refractivity contribution in [3.63, 3.8) is 0 Å². The monoisotopic (exact) mass is 359 g/mol. The van der Waals surface area contributed by atoms with Crippen molar-refractivity contribution >= 4 is 5.78 Å². The van der Waals surface area contributed by atoms with Gasteiger partial charge in [-0.25, -0.2) is 0 Å². The van der Waals surface area contributed by atoms with Crippen molar-refractivity contribution in [1.82, 2.24) is 4.98 Å². The van der Waals surface area contributed by atoms with E-state index in [1.54, 1.807) is 18.3 Å². The van der Waals surface area contributed by atoms with E-state index in [0.717, 1.165) is 17.7 Å². The third-order valence-corrected chi connectivity index (χ3v) is 5.21. The van der Waals surface area contributed by atoms with E-state index >= 15 is 0 Å². The van der Waals surface area contributed by atoms with Gasteiger partial charge >= 0.3 is 5.92 Å². The molecule has 0 radical (unpaired) electrons. The summed E-state index contributed by atoms with van der Waals surface area (Å²) in [7, 11) is 0. The SMILES string of the molecule is CCc1cccnc1CC1CCC(=O)C(F)(F)c2c1cccc2[C@H](C)O. The summed E-state index contributed by atoms with van der Waals surface area (Å²) in [6.45, 7) is 3.48. The summed E-state index contributed by atoms with van der Waals surface area (Å²) in [5, 5.41) is 9.99. The van der Waals surface area contributed by atoms with Crippen molar-refractivity contribution in [3.05, 3.63) is 64.5 Å². The number of rotatable bonds is 4. The van der Waals surface area contributed by atoms with Gasteiger partial charge < -0.3 is 5.11 Å². The van der Waals surface area contributed by atoms with E-state index < -0.39 is 17.8 Å². The molecule has 1 aromatic heterocycles. The first kappa shape index (κ1) is 18.6. The lowest BCUT2D eigenvalue weighted by molar-refractivity contribution is -0.144. The molecule has 3 rings (SSSR count). The zero-order valence-corrected chi connectivity index (χ0v) is 15.0. The molecule has 0 bridgehead atoms. The molecule has 2 atom stereocenters. The molecule has 138 valence electrons. The zero-order chi connectivity index (χ0) is 18.9. The molecule has 0 fully saturated rings. The van der Waals surface area contributed by atoms with Gasteiger partial charge in [0.2, 0.25) is 5.78 Å². The predicted molar refractivity (Wildman–Crippen MR) is 95.3 cm³/mol. The normalized spacial score (nSPS) is 20.3. The van der Waals surface area contributed by atoms with E-state index in [2.05, 4.69) is 4.98 Å². The van der Waals surface area contributed by atoms with Crippen LogP contribution in [0.2, 0.25) is 0 Å². The number of hydrogen-bond donors (Lipinski definition) is 1. The molecule has 1 heterocycles. The highest BCUT2D eigenvalue weighted by Crippen LogP contribution is 2.45. The molecule has 2 aromatic rings. The van der Waals surface area contributed by atoms with Gasteiger partial charge in [-0.3, -0.25) is 9.78 Å². The number of aryl methyl sites for hydroxylation is 1. The van der Waals surface area contributed by atoms with E-state index in [0.29, 0.717) is 18.4 Å². The van der Waals surface area contributed by atoms with Crippen LogP contribution in [0.3, 0.4) is 0 Å². The molecule has 0 saturated carbocycles. The lowest BCUT2D eigenvalue weighted by atomic mass is 9.84. The fraction of sp³-hybridized carbons (Fsp3) is 0.429. The molecular weight excluding hydrogens is 336 g/mol. The van der Waals surface area contributed by atoms with Crippen LogP contribution in [-0.4, -0.2) is 15.9 Å². The number of Topliss-reactive ketones (excluding diaryl/α,β-unsaturated/α-hetero) is 1. The Bertz CT molecular complexity index is 817. The van der Waals surface area contributed by atoms with Gasteiger partial charge in [-0.1, -0.05) is 31.2 Å². The van der Waals surface area contributed by atoms with Crippen molar-refractivity contribution in [2.75, 3.05) is 0 Å². The van der Waals surface area contributed by atoms with Crippen LogP contribution in [0.25, 0.3) is 0 Å². The minimum atomic E-state index is -3.57. The Morgan fingerprint density at radius 1 is 1.31 bits per heavy atom. The first-order valence-electron chi connectivity index (χ1n) is 9.01. The minimum absolute atomic E-state index is 0.129. The number of halogens is 2. The summed E-state index contributed by atoms with van der Waals surface area (Å²) in [6.07, 6.45) is 2.13. The van der Waals surface area contributed by atoms with Crippen LogP contribution < -0.4 is 0 Å². The lowest BCUT2D eigenvalue weighted by Crippen LogP contribution is -2.27.